The number of benzene rings is 2. The van der Waals surface area contributed by atoms with Crippen LogP contribution >= 0.6 is 11.8 Å². The number of aromatic nitrogens is 4. The molecule has 0 saturated heterocycles. The molecule has 0 bridgehead atoms. The number of esters is 1. The van der Waals surface area contributed by atoms with E-state index < -0.39 is 12.1 Å². The summed E-state index contributed by atoms with van der Waals surface area (Å²) in [6, 6.07) is 20.1. The van der Waals surface area contributed by atoms with E-state index >= 15 is 0 Å². The molecule has 8 nitrogen and oxygen atoms in total. The highest BCUT2D eigenvalue weighted by molar-refractivity contribution is 7.99. The van der Waals surface area contributed by atoms with E-state index in [9.17, 15) is 9.90 Å². The molecule has 1 N–H and O–H groups in total. The van der Waals surface area contributed by atoms with Crippen LogP contribution in [0.2, 0.25) is 0 Å². The molecule has 4 rings (SSSR count). The van der Waals surface area contributed by atoms with Gasteiger partial charge in [-0.15, -0.1) is 10.2 Å². The van der Waals surface area contributed by atoms with Crippen molar-refractivity contribution >= 4 is 17.7 Å². The fourth-order valence-corrected chi connectivity index (χ4v) is 3.93. The number of para-hydroxylation sites is 1. The highest BCUT2D eigenvalue weighted by atomic mass is 32.2. The minimum Gasteiger partial charge on any atom is -0.491 e. The Labute approximate surface area is 195 Å². The number of hydrogen-bond donors (Lipinski definition) is 1. The fourth-order valence-electron chi connectivity index (χ4n) is 3.08. The molecule has 2 aromatic carbocycles. The Balaban J connectivity index is 1.43. The minimum atomic E-state index is -0.736. The van der Waals surface area contributed by atoms with Gasteiger partial charge in [0.2, 0.25) is 0 Å². The van der Waals surface area contributed by atoms with E-state index in [1.807, 2.05) is 47.0 Å². The standard InChI is InChI=1S/C24H22N4O4S/c1-31-23(30)18-7-9-21(10-8-18)32-15-20(29)16-33-24-27-26-22(17-11-13-25-14-12-17)28(24)19-5-3-2-4-6-19/h2-14,20,29H,15-16H2,1H3/t20-/m0/s1. The van der Waals surface area contributed by atoms with Gasteiger partial charge in [0.1, 0.15) is 12.4 Å². The van der Waals surface area contributed by atoms with E-state index in [0.717, 1.165) is 11.3 Å². The molecule has 2 heterocycles. The summed E-state index contributed by atoms with van der Waals surface area (Å²) in [6.45, 7) is 0.0985. The van der Waals surface area contributed by atoms with Crippen molar-refractivity contribution in [2.75, 3.05) is 19.5 Å². The highest BCUT2D eigenvalue weighted by Crippen LogP contribution is 2.28. The first-order chi connectivity index (χ1) is 16.2. The first-order valence-electron chi connectivity index (χ1n) is 10.2. The van der Waals surface area contributed by atoms with Gasteiger partial charge in [0.25, 0.3) is 0 Å². The maximum atomic E-state index is 11.5. The molecule has 0 aliphatic rings. The van der Waals surface area contributed by atoms with Gasteiger partial charge in [-0.2, -0.15) is 0 Å². The Morgan fingerprint density at radius 1 is 1.03 bits per heavy atom. The number of nitrogens with zero attached hydrogens (tertiary/aromatic N) is 4. The summed E-state index contributed by atoms with van der Waals surface area (Å²) in [6.07, 6.45) is 2.69. The number of carbonyl (C=O) groups is 1. The first-order valence-corrected chi connectivity index (χ1v) is 11.2. The van der Waals surface area contributed by atoms with Crippen molar-refractivity contribution in [2.24, 2.45) is 0 Å². The normalized spacial score (nSPS) is 11.7. The van der Waals surface area contributed by atoms with E-state index in [2.05, 4.69) is 19.9 Å². The summed E-state index contributed by atoms with van der Waals surface area (Å²) in [5.41, 5.74) is 2.26. The molecule has 0 unspecified atom stereocenters. The van der Waals surface area contributed by atoms with Crippen LogP contribution in [0, 0.1) is 0 Å². The Kier molecular flexibility index (Phi) is 7.33. The van der Waals surface area contributed by atoms with Crippen LogP contribution in [-0.2, 0) is 4.74 Å². The summed E-state index contributed by atoms with van der Waals surface area (Å²) in [5.74, 6) is 1.20. The lowest BCUT2D eigenvalue weighted by atomic mass is 10.2. The van der Waals surface area contributed by atoms with E-state index in [0.29, 0.717) is 28.0 Å². The third kappa shape index (κ3) is 5.57. The largest absolute Gasteiger partial charge is 0.491 e. The lowest BCUT2D eigenvalue weighted by Crippen LogP contribution is -2.20. The molecule has 0 aliphatic carbocycles. The number of carbonyl (C=O) groups excluding carboxylic acids is 1. The molecule has 1 atom stereocenters. The monoisotopic (exact) mass is 462 g/mol. The zero-order valence-corrected chi connectivity index (χ0v) is 18.7. The first kappa shape index (κ1) is 22.5. The number of rotatable bonds is 9. The minimum absolute atomic E-state index is 0.0985. The molecule has 0 saturated carbocycles. The molecule has 4 aromatic rings. The van der Waals surface area contributed by atoms with Crippen LogP contribution in [0.3, 0.4) is 0 Å². The van der Waals surface area contributed by atoms with Crippen LogP contribution < -0.4 is 4.74 Å². The van der Waals surface area contributed by atoms with Crippen LogP contribution in [-0.4, -0.2) is 56.4 Å². The molecule has 2 aromatic heterocycles. The molecule has 168 valence electrons. The van der Waals surface area contributed by atoms with Crippen LogP contribution in [0.15, 0.2) is 84.3 Å². The van der Waals surface area contributed by atoms with Crippen LogP contribution in [0.5, 0.6) is 5.75 Å². The summed E-state index contributed by atoms with van der Waals surface area (Å²) >= 11 is 1.39. The Morgan fingerprint density at radius 3 is 2.45 bits per heavy atom. The second-order valence-corrected chi connectivity index (χ2v) is 7.99. The van der Waals surface area contributed by atoms with Gasteiger partial charge in [-0.1, -0.05) is 30.0 Å². The van der Waals surface area contributed by atoms with Gasteiger partial charge >= 0.3 is 5.97 Å². The molecule has 9 heteroatoms. The smallest absolute Gasteiger partial charge is 0.337 e. The zero-order chi connectivity index (χ0) is 23.0. The third-order valence-electron chi connectivity index (χ3n) is 4.71. The predicted molar refractivity (Wildman–Crippen MR) is 125 cm³/mol. The Hall–Kier alpha value is -3.69. The van der Waals surface area contributed by atoms with Crippen molar-refractivity contribution < 1.29 is 19.4 Å². The van der Waals surface area contributed by atoms with Crippen LogP contribution in [0.25, 0.3) is 17.1 Å². The summed E-state index contributed by atoms with van der Waals surface area (Å²) in [7, 11) is 1.33. The second-order valence-electron chi connectivity index (χ2n) is 7.00. The van der Waals surface area contributed by atoms with E-state index in [1.54, 1.807) is 36.7 Å². The molecule has 33 heavy (non-hydrogen) atoms. The highest BCUT2D eigenvalue weighted by Gasteiger charge is 2.17. The van der Waals surface area contributed by atoms with E-state index in [-0.39, 0.29) is 6.61 Å². The lowest BCUT2D eigenvalue weighted by Gasteiger charge is -2.13. The number of ether oxygens (including phenoxy) is 2. The number of thioether (sulfide) groups is 1. The van der Waals surface area contributed by atoms with Gasteiger partial charge < -0.3 is 14.6 Å². The van der Waals surface area contributed by atoms with Gasteiger partial charge in [0.05, 0.1) is 18.8 Å². The average molecular weight is 463 g/mol. The zero-order valence-electron chi connectivity index (χ0n) is 17.9. The Bertz CT molecular complexity index is 1180. The number of aliphatic hydroxyl groups is 1. The summed E-state index contributed by atoms with van der Waals surface area (Å²) in [5, 5.41) is 19.8. The third-order valence-corrected chi connectivity index (χ3v) is 5.78. The van der Waals surface area contributed by atoms with Crippen molar-refractivity contribution in [2.45, 2.75) is 11.3 Å². The fraction of sp³-hybridized carbons (Fsp3) is 0.167. The van der Waals surface area contributed by atoms with Crippen LogP contribution in [0.1, 0.15) is 10.4 Å². The molecule has 0 aliphatic heterocycles. The van der Waals surface area contributed by atoms with Gasteiger partial charge in [-0.3, -0.25) is 9.55 Å². The van der Waals surface area contributed by atoms with E-state index in [4.69, 9.17) is 4.74 Å². The second kappa shape index (κ2) is 10.8. The van der Waals surface area contributed by atoms with Gasteiger partial charge in [0.15, 0.2) is 11.0 Å². The number of aliphatic hydroxyl groups excluding tert-OH is 1. The molecular formula is C24H22N4O4S. The summed E-state index contributed by atoms with van der Waals surface area (Å²) < 4.78 is 12.3. The van der Waals surface area contributed by atoms with Gasteiger partial charge in [-0.05, 0) is 48.5 Å². The van der Waals surface area contributed by atoms with Crippen molar-refractivity contribution in [1.82, 2.24) is 19.7 Å². The molecular weight excluding hydrogens is 440 g/mol. The molecule has 0 radical (unpaired) electrons. The summed E-state index contributed by atoms with van der Waals surface area (Å²) in [4.78, 5) is 15.6. The quantitative estimate of drug-likeness (QED) is 0.297. The topological polar surface area (TPSA) is 99.4 Å². The maximum absolute atomic E-state index is 11.5. The molecule has 0 fully saturated rings. The van der Waals surface area contributed by atoms with E-state index in [1.165, 1.54) is 18.9 Å². The van der Waals surface area contributed by atoms with Crippen molar-refractivity contribution in [3.63, 3.8) is 0 Å². The number of methoxy groups -OCH3 is 1. The van der Waals surface area contributed by atoms with Gasteiger partial charge in [0, 0.05) is 29.4 Å². The number of hydrogen-bond acceptors (Lipinski definition) is 8. The Morgan fingerprint density at radius 2 is 1.76 bits per heavy atom. The molecule has 0 amide bonds. The van der Waals surface area contributed by atoms with Crippen molar-refractivity contribution in [3.05, 3.63) is 84.7 Å². The van der Waals surface area contributed by atoms with Crippen molar-refractivity contribution in [3.8, 4) is 22.8 Å². The maximum Gasteiger partial charge on any atom is 0.337 e. The predicted octanol–water partition coefficient (Wildman–Crippen LogP) is 3.65. The lowest BCUT2D eigenvalue weighted by molar-refractivity contribution is 0.0600. The number of pyridine rings is 1. The average Bonchev–Trinajstić information content (AvgIpc) is 3.31. The van der Waals surface area contributed by atoms with Gasteiger partial charge in [-0.25, -0.2) is 4.79 Å². The molecule has 0 spiro atoms. The van der Waals surface area contributed by atoms with Crippen molar-refractivity contribution in [1.29, 1.82) is 0 Å². The van der Waals surface area contributed by atoms with Crippen LogP contribution in [0.4, 0.5) is 0 Å². The SMILES string of the molecule is COC(=O)c1ccc(OC[C@H](O)CSc2nnc(-c3ccncc3)n2-c2ccccc2)cc1.